The molecule has 0 bridgehead atoms. The van der Waals surface area contributed by atoms with E-state index in [0.29, 0.717) is 0 Å². The van der Waals surface area contributed by atoms with Crippen LogP contribution < -0.4 is 14.9 Å². The molecular weight excluding hydrogens is 576 g/mol. The van der Waals surface area contributed by atoms with Crippen molar-refractivity contribution in [1.82, 2.24) is 0 Å². The van der Waals surface area contributed by atoms with Crippen LogP contribution in [-0.2, 0) is 33.3 Å². The van der Waals surface area contributed by atoms with Crippen molar-refractivity contribution in [3.05, 3.63) is 40.6 Å². The third-order valence-corrected chi connectivity index (χ3v) is 6.27. The monoisotopic (exact) mass is 604 g/mol. The summed E-state index contributed by atoms with van der Waals surface area (Å²) in [7, 11) is 1.28. The molecule has 1 aliphatic rings. The summed E-state index contributed by atoms with van der Waals surface area (Å²) in [6, 6.07) is 5.85. The first kappa shape index (κ1) is 30.9. The molecule has 43 heavy (non-hydrogen) atoms. The van der Waals surface area contributed by atoms with Crippen LogP contribution in [0.25, 0.3) is 22.3 Å². The van der Waals surface area contributed by atoms with Crippen molar-refractivity contribution >= 4 is 28.9 Å². The van der Waals surface area contributed by atoms with Gasteiger partial charge in [0.05, 0.1) is 13.7 Å². The zero-order valence-corrected chi connectivity index (χ0v) is 23.3. The van der Waals surface area contributed by atoms with E-state index in [1.807, 2.05) is 0 Å². The summed E-state index contributed by atoms with van der Waals surface area (Å²) in [5, 5.41) is 40.2. The Morgan fingerprint density at radius 1 is 0.860 bits per heavy atom. The molecule has 0 amide bonds. The largest absolute Gasteiger partial charge is 0.508 e. The van der Waals surface area contributed by atoms with E-state index in [4.69, 9.17) is 32.8 Å². The number of esters is 3. The molecule has 4 rings (SSSR count). The number of hydrogen-bond acceptors (Lipinski definition) is 15. The zero-order valence-electron chi connectivity index (χ0n) is 23.3. The van der Waals surface area contributed by atoms with Crippen molar-refractivity contribution in [2.24, 2.45) is 0 Å². The Morgan fingerprint density at radius 3 is 2.09 bits per heavy atom. The first-order valence-corrected chi connectivity index (χ1v) is 12.7. The first-order valence-electron chi connectivity index (χ1n) is 12.7. The predicted molar refractivity (Wildman–Crippen MR) is 143 cm³/mol. The van der Waals surface area contributed by atoms with E-state index < -0.39 is 83.3 Å². The normalized spacial score (nSPS) is 21.6. The molecule has 0 saturated carbocycles. The number of ether oxygens (including phenoxy) is 6. The summed E-state index contributed by atoms with van der Waals surface area (Å²) in [6.07, 6.45) is -7.90. The summed E-state index contributed by atoms with van der Waals surface area (Å²) in [4.78, 5) is 49.8. The predicted octanol–water partition coefficient (Wildman–Crippen LogP) is 1.48. The molecule has 5 unspecified atom stereocenters. The van der Waals surface area contributed by atoms with E-state index in [1.165, 1.54) is 25.3 Å². The Morgan fingerprint density at radius 2 is 1.49 bits per heavy atom. The highest BCUT2D eigenvalue weighted by Gasteiger charge is 2.53. The van der Waals surface area contributed by atoms with Gasteiger partial charge in [0.15, 0.2) is 29.5 Å². The molecule has 1 aromatic heterocycles. The van der Waals surface area contributed by atoms with Gasteiger partial charge in [0.1, 0.15) is 28.6 Å². The van der Waals surface area contributed by atoms with Crippen LogP contribution >= 0.6 is 0 Å². The van der Waals surface area contributed by atoms with E-state index in [2.05, 4.69) is 0 Å². The zero-order chi connectivity index (χ0) is 31.6. The van der Waals surface area contributed by atoms with Crippen molar-refractivity contribution in [2.45, 2.75) is 51.5 Å². The van der Waals surface area contributed by atoms with Gasteiger partial charge in [-0.3, -0.25) is 19.2 Å². The van der Waals surface area contributed by atoms with E-state index >= 15 is 0 Å². The maximum atomic E-state index is 13.8. The summed E-state index contributed by atoms with van der Waals surface area (Å²) in [6.45, 7) is 2.34. The second-order valence-electron chi connectivity index (χ2n) is 9.38. The number of fused-ring (bicyclic) bond motifs is 1. The van der Waals surface area contributed by atoms with Gasteiger partial charge in [0, 0.05) is 38.5 Å². The summed E-state index contributed by atoms with van der Waals surface area (Å²) >= 11 is 0. The number of aliphatic hydroxyl groups is 1. The number of benzene rings is 2. The molecule has 0 radical (unpaired) electrons. The van der Waals surface area contributed by atoms with Crippen molar-refractivity contribution in [3.63, 3.8) is 0 Å². The first-order chi connectivity index (χ1) is 20.3. The van der Waals surface area contributed by atoms with Crippen LogP contribution in [-0.4, -0.2) is 82.8 Å². The highest BCUT2D eigenvalue weighted by Crippen LogP contribution is 2.40. The van der Waals surface area contributed by atoms with Crippen LogP contribution in [0.3, 0.4) is 0 Å². The minimum Gasteiger partial charge on any atom is -0.508 e. The highest BCUT2D eigenvalue weighted by atomic mass is 16.7. The number of phenolic OH excluding ortho intramolecular Hbond substituents is 3. The number of phenols is 3. The van der Waals surface area contributed by atoms with Gasteiger partial charge < -0.3 is 53.3 Å². The van der Waals surface area contributed by atoms with Gasteiger partial charge in [-0.15, -0.1) is 0 Å². The molecule has 1 fully saturated rings. The fourth-order valence-electron chi connectivity index (χ4n) is 4.60. The van der Waals surface area contributed by atoms with Crippen LogP contribution in [0.4, 0.5) is 0 Å². The number of carbonyl (C=O) groups excluding carboxylic acids is 3. The number of carbonyl (C=O) groups is 3. The average Bonchev–Trinajstić information content (AvgIpc) is 2.92. The van der Waals surface area contributed by atoms with Crippen LogP contribution in [0.1, 0.15) is 20.8 Å². The molecule has 230 valence electrons. The van der Waals surface area contributed by atoms with Crippen LogP contribution in [0.2, 0.25) is 0 Å². The minimum absolute atomic E-state index is 0.0175. The van der Waals surface area contributed by atoms with Crippen molar-refractivity contribution < 1.29 is 67.6 Å². The molecular formula is C28H28O15. The Labute approximate surface area is 242 Å². The number of hydrogen-bond donors (Lipinski definition) is 4. The Balaban J connectivity index is 1.94. The molecule has 1 saturated heterocycles. The van der Waals surface area contributed by atoms with Crippen LogP contribution in [0.15, 0.2) is 39.5 Å². The van der Waals surface area contributed by atoms with Gasteiger partial charge >= 0.3 is 17.9 Å². The minimum atomic E-state index is -1.80. The van der Waals surface area contributed by atoms with E-state index in [9.17, 15) is 39.6 Å². The van der Waals surface area contributed by atoms with Gasteiger partial charge in [-0.1, -0.05) is 0 Å². The fraction of sp³-hybridized carbons (Fsp3) is 0.357. The van der Waals surface area contributed by atoms with Gasteiger partial charge in [-0.25, -0.2) is 0 Å². The fourth-order valence-corrected chi connectivity index (χ4v) is 4.60. The lowest BCUT2D eigenvalue weighted by Crippen LogP contribution is -2.63. The lowest BCUT2D eigenvalue weighted by atomic mass is 9.98. The van der Waals surface area contributed by atoms with Crippen molar-refractivity contribution in [2.75, 3.05) is 13.7 Å². The summed E-state index contributed by atoms with van der Waals surface area (Å²) < 4.78 is 38.7. The lowest BCUT2D eigenvalue weighted by molar-refractivity contribution is -0.288. The molecule has 4 N–H and O–H groups in total. The van der Waals surface area contributed by atoms with E-state index in [1.54, 1.807) is 0 Å². The lowest BCUT2D eigenvalue weighted by Gasteiger charge is -2.43. The smallest absolute Gasteiger partial charge is 0.303 e. The Hall–Kier alpha value is -5.02. The molecule has 1 aliphatic heterocycles. The number of rotatable bonds is 8. The van der Waals surface area contributed by atoms with Crippen LogP contribution in [0.5, 0.6) is 28.7 Å². The molecule has 3 aromatic rings. The maximum Gasteiger partial charge on any atom is 0.303 e. The second-order valence-corrected chi connectivity index (χ2v) is 9.38. The topological polar surface area (TPSA) is 218 Å². The van der Waals surface area contributed by atoms with Crippen molar-refractivity contribution in [1.29, 1.82) is 0 Å². The third kappa shape index (κ3) is 6.42. The number of aliphatic hydroxyl groups excluding tert-OH is 1. The summed E-state index contributed by atoms with van der Waals surface area (Å²) in [5.41, 5.74) is -1.11. The molecule has 15 nitrogen and oxygen atoms in total. The van der Waals surface area contributed by atoms with Gasteiger partial charge in [0.2, 0.25) is 23.6 Å². The van der Waals surface area contributed by atoms with Crippen molar-refractivity contribution in [3.8, 4) is 40.1 Å². The average molecular weight is 605 g/mol. The molecule has 15 heteroatoms. The van der Waals surface area contributed by atoms with Gasteiger partial charge in [0.25, 0.3) is 0 Å². The second kappa shape index (κ2) is 12.5. The maximum absolute atomic E-state index is 13.8. The summed E-state index contributed by atoms with van der Waals surface area (Å²) in [5.74, 6) is -4.87. The number of methoxy groups -OCH3 is 1. The highest BCUT2D eigenvalue weighted by molar-refractivity contribution is 5.88. The van der Waals surface area contributed by atoms with E-state index in [0.717, 1.165) is 32.9 Å². The molecule has 5 atom stereocenters. The third-order valence-electron chi connectivity index (χ3n) is 6.27. The Bertz CT molecular complexity index is 1610. The van der Waals surface area contributed by atoms with Crippen LogP contribution in [0, 0.1) is 0 Å². The van der Waals surface area contributed by atoms with Gasteiger partial charge in [-0.05, 0) is 18.2 Å². The quantitative estimate of drug-likeness (QED) is 0.211. The molecule has 2 aromatic carbocycles. The Kier molecular flexibility index (Phi) is 8.96. The molecule has 2 heterocycles. The molecule has 0 aliphatic carbocycles. The molecule has 0 spiro atoms. The number of aromatic hydroxyl groups is 3. The SMILES string of the molecule is COc1cc(-c2oc3cc(O)cc(O)c3c(=O)c2OC2OC(CO)C(OC(C)=O)C(OC(C)=O)C2OC(C)=O)ccc1O. The van der Waals surface area contributed by atoms with E-state index in [-0.39, 0.29) is 28.4 Å². The van der Waals surface area contributed by atoms with Gasteiger partial charge in [-0.2, -0.15) is 0 Å². The standard InChI is InChI=1S/C28H28O15/c1-11(30)38-24-20(10-29)42-28(27(40-13(3)32)26(24)39-12(2)31)43-25-22(36)21-17(35)8-15(33)9-19(21)41-23(25)14-5-6-16(34)18(7-14)37-4/h5-9,20,24,26-29,33-35H,10H2,1-4H3.